The van der Waals surface area contributed by atoms with E-state index in [1.807, 2.05) is 0 Å². The van der Waals surface area contributed by atoms with Crippen LogP contribution in [0.1, 0.15) is 51.5 Å². The SMILES string of the molecule is CC(C)[C@H](N)C(=O)N[C@@H](Cc1ccc(O)cc1)C(=O)NC[C@H](O)CP(=O)(O)CC1CCCCC1. The van der Waals surface area contributed by atoms with Gasteiger partial charge in [0.25, 0.3) is 0 Å². The van der Waals surface area contributed by atoms with Gasteiger partial charge in [0.2, 0.25) is 19.2 Å². The van der Waals surface area contributed by atoms with Gasteiger partial charge in [-0.1, -0.05) is 45.2 Å². The van der Waals surface area contributed by atoms with Gasteiger partial charge in [0.05, 0.1) is 18.3 Å². The van der Waals surface area contributed by atoms with E-state index in [0.29, 0.717) is 5.56 Å². The number of nitrogens with two attached hydrogens (primary N) is 1. The second kappa shape index (κ2) is 13.2. The van der Waals surface area contributed by atoms with Crippen molar-refractivity contribution in [3.63, 3.8) is 0 Å². The van der Waals surface area contributed by atoms with Gasteiger partial charge < -0.3 is 31.5 Å². The van der Waals surface area contributed by atoms with Crippen molar-refractivity contribution in [1.29, 1.82) is 0 Å². The Kier molecular flexibility index (Phi) is 11.0. The first-order chi connectivity index (χ1) is 16.0. The minimum absolute atomic E-state index is 0.0837. The van der Waals surface area contributed by atoms with Crippen molar-refractivity contribution < 1.29 is 29.3 Å². The van der Waals surface area contributed by atoms with Crippen LogP contribution in [-0.4, -0.2) is 64.0 Å². The summed E-state index contributed by atoms with van der Waals surface area (Å²) in [5.41, 5.74) is 6.63. The molecule has 0 radical (unpaired) electrons. The van der Waals surface area contributed by atoms with Gasteiger partial charge in [-0.25, -0.2) is 0 Å². The second-order valence-corrected chi connectivity index (χ2v) is 12.2. The Morgan fingerprint density at radius 3 is 2.32 bits per heavy atom. The molecule has 0 bridgehead atoms. The molecule has 1 unspecified atom stereocenters. The molecule has 192 valence electrons. The Labute approximate surface area is 202 Å². The first-order valence-corrected chi connectivity index (χ1v) is 14.1. The number of hydrogen-bond acceptors (Lipinski definition) is 6. The molecule has 34 heavy (non-hydrogen) atoms. The molecule has 1 aromatic carbocycles. The van der Waals surface area contributed by atoms with E-state index in [1.54, 1.807) is 26.0 Å². The van der Waals surface area contributed by atoms with Crippen molar-refractivity contribution in [1.82, 2.24) is 10.6 Å². The van der Waals surface area contributed by atoms with Gasteiger partial charge in [-0.15, -0.1) is 0 Å². The number of carbonyl (C=O) groups excluding carboxylic acids is 2. The molecular weight excluding hydrogens is 457 g/mol. The van der Waals surface area contributed by atoms with Gasteiger partial charge >= 0.3 is 0 Å². The van der Waals surface area contributed by atoms with E-state index >= 15 is 0 Å². The van der Waals surface area contributed by atoms with Crippen LogP contribution >= 0.6 is 7.37 Å². The van der Waals surface area contributed by atoms with Crippen LogP contribution in [0.5, 0.6) is 5.75 Å². The summed E-state index contributed by atoms with van der Waals surface area (Å²) in [5.74, 6) is -0.831. The van der Waals surface area contributed by atoms with Crippen molar-refractivity contribution in [2.45, 2.75) is 70.6 Å². The fraction of sp³-hybridized carbons (Fsp3) is 0.667. The van der Waals surface area contributed by atoms with Crippen LogP contribution in [0.4, 0.5) is 0 Å². The molecule has 1 aliphatic rings. The van der Waals surface area contributed by atoms with Crippen molar-refractivity contribution in [2.75, 3.05) is 18.9 Å². The molecule has 10 heteroatoms. The topological polar surface area (TPSA) is 162 Å². The molecule has 1 saturated carbocycles. The zero-order chi connectivity index (χ0) is 25.3. The van der Waals surface area contributed by atoms with E-state index in [4.69, 9.17) is 5.73 Å². The Morgan fingerprint density at radius 2 is 1.74 bits per heavy atom. The monoisotopic (exact) mass is 497 g/mol. The summed E-state index contributed by atoms with van der Waals surface area (Å²) in [6.45, 7) is 3.40. The Balaban J connectivity index is 1.95. The van der Waals surface area contributed by atoms with Gasteiger partial charge in [-0.05, 0) is 42.4 Å². The predicted octanol–water partition coefficient (Wildman–Crippen LogP) is 1.73. The van der Waals surface area contributed by atoms with E-state index in [9.17, 15) is 29.3 Å². The van der Waals surface area contributed by atoms with Crippen LogP contribution in [-0.2, 0) is 20.6 Å². The number of aliphatic hydroxyl groups is 1. The number of carbonyl (C=O) groups is 2. The number of benzene rings is 1. The molecule has 9 nitrogen and oxygen atoms in total. The molecule has 0 spiro atoms. The first kappa shape index (κ1) is 28.3. The van der Waals surface area contributed by atoms with Crippen LogP contribution in [0, 0.1) is 11.8 Å². The van der Waals surface area contributed by atoms with Crippen molar-refractivity contribution in [2.24, 2.45) is 17.6 Å². The van der Waals surface area contributed by atoms with Crippen LogP contribution in [0.15, 0.2) is 24.3 Å². The maximum atomic E-state index is 12.9. The number of aromatic hydroxyl groups is 1. The third-order valence-corrected chi connectivity index (χ3v) is 8.39. The molecule has 0 aliphatic heterocycles. The number of hydrogen-bond donors (Lipinski definition) is 6. The molecule has 2 amide bonds. The predicted molar refractivity (Wildman–Crippen MR) is 132 cm³/mol. The number of phenols is 1. The normalized spacial score (nSPS) is 19.1. The number of rotatable bonds is 12. The highest BCUT2D eigenvalue weighted by Gasteiger charge is 2.30. The van der Waals surface area contributed by atoms with Gasteiger partial charge in [-0.2, -0.15) is 0 Å². The minimum Gasteiger partial charge on any atom is -0.508 e. The van der Waals surface area contributed by atoms with Crippen molar-refractivity contribution >= 4 is 19.2 Å². The standard InChI is InChI=1S/C24H40N3O6P/c1-16(2)22(25)24(31)27-21(12-17-8-10-19(28)11-9-17)23(30)26-13-20(29)15-34(32,33)14-18-6-4-3-5-7-18/h8-11,16,18,20-22,28-29H,3-7,12-15,25H2,1-2H3,(H,26,30)(H,27,31)(H,32,33)/t20-,21-,22-/m0/s1. The molecule has 2 rings (SSSR count). The Bertz CT molecular complexity index is 842. The molecule has 4 atom stereocenters. The number of phenolic OH excluding ortho intramolecular Hbond substituents is 1. The van der Waals surface area contributed by atoms with Crippen molar-refractivity contribution in [3.8, 4) is 5.75 Å². The van der Waals surface area contributed by atoms with E-state index in [2.05, 4.69) is 10.6 Å². The third kappa shape index (κ3) is 9.74. The largest absolute Gasteiger partial charge is 0.508 e. The molecular formula is C24H40N3O6P. The second-order valence-electron chi connectivity index (χ2n) is 9.82. The summed E-state index contributed by atoms with van der Waals surface area (Å²) in [6.07, 6.45) is 4.07. The zero-order valence-corrected chi connectivity index (χ0v) is 21.0. The maximum Gasteiger partial charge on any atom is 0.243 e. The van der Waals surface area contributed by atoms with Crippen LogP contribution in [0.3, 0.4) is 0 Å². The van der Waals surface area contributed by atoms with Crippen LogP contribution < -0.4 is 16.4 Å². The lowest BCUT2D eigenvalue weighted by Gasteiger charge is -2.25. The molecule has 1 aromatic rings. The number of nitrogens with one attached hydrogen (secondary N) is 2. The summed E-state index contributed by atoms with van der Waals surface area (Å²) in [7, 11) is -3.52. The Morgan fingerprint density at radius 1 is 1.12 bits per heavy atom. The molecule has 7 N–H and O–H groups in total. The molecule has 0 saturated heterocycles. The number of amides is 2. The van der Waals surface area contributed by atoms with Crippen molar-refractivity contribution in [3.05, 3.63) is 29.8 Å². The summed E-state index contributed by atoms with van der Waals surface area (Å²) in [5, 5.41) is 25.1. The average molecular weight is 498 g/mol. The highest BCUT2D eigenvalue weighted by atomic mass is 31.2. The third-order valence-electron chi connectivity index (χ3n) is 6.31. The quantitative estimate of drug-likeness (QED) is 0.240. The van der Waals surface area contributed by atoms with Gasteiger partial charge in [0.1, 0.15) is 11.8 Å². The summed E-state index contributed by atoms with van der Waals surface area (Å²) in [4.78, 5) is 35.7. The van der Waals surface area contributed by atoms with Crippen LogP contribution in [0.25, 0.3) is 0 Å². The average Bonchev–Trinajstić information content (AvgIpc) is 2.77. The molecule has 0 heterocycles. The lowest BCUT2D eigenvalue weighted by molar-refractivity contribution is -0.130. The van der Waals surface area contributed by atoms with E-state index in [-0.39, 0.29) is 42.9 Å². The fourth-order valence-electron chi connectivity index (χ4n) is 4.23. The van der Waals surface area contributed by atoms with E-state index < -0.39 is 37.4 Å². The summed E-state index contributed by atoms with van der Waals surface area (Å²) < 4.78 is 12.6. The molecule has 1 fully saturated rings. The summed E-state index contributed by atoms with van der Waals surface area (Å²) in [6, 6.07) is 4.51. The lowest BCUT2D eigenvalue weighted by atomic mass is 9.91. The van der Waals surface area contributed by atoms with Gasteiger partial charge in [0, 0.05) is 19.1 Å². The van der Waals surface area contributed by atoms with Gasteiger partial charge in [0.15, 0.2) is 0 Å². The molecule has 1 aliphatic carbocycles. The Hall–Kier alpha value is -1.93. The zero-order valence-electron chi connectivity index (χ0n) is 20.2. The summed E-state index contributed by atoms with van der Waals surface area (Å²) >= 11 is 0. The fourth-order valence-corrected chi connectivity index (χ4v) is 6.34. The highest BCUT2D eigenvalue weighted by Crippen LogP contribution is 2.45. The smallest absolute Gasteiger partial charge is 0.243 e. The van der Waals surface area contributed by atoms with Crippen LogP contribution in [0.2, 0.25) is 0 Å². The lowest BCUT2D eigenvalue weighted by Crippen LogP contribution is -2.54. The minimum atomic E-state index is -3.52. The van der Waals surface area contributed by atoms with Gasteiger partial charge in [-0.3, -0.25) is 14.2 Å². The van der Waals surface area contributed by atoms with E-state index in [0.717, 1.165) is 32.1 Å². The first-order valence-electron chi connectivity index (χ1n) is 12.1. The molecule has 0 aromatic heterocycles. The highest BCUT2D eigenvalue weighted by molar-refractivity contribution is 7.58. The number of aliphatic hydroxyl groups excluding tert-OH is 1. The van der Waals surface area contributed by atoms with E-state index in [1.165, 1.54) is 12.1 Å². The maximum absolute atomic E-state index is 12.9.